The van der Waals surface area contributed by atoms with E-state index in [0.29, 0.717) is 30.3 Å². The fourth-order valence-corrected chi connectivity index (χ4v) is 1.05. The molecule has 5 heteroatoms. The van der Waals surface area contributed by atoms with Gasteiger partial charge >= 0.3 is 0 Å². The number of nitriles is 1. The van der Waals surface area contributed by atoms with Crippen molar-refractivity contribution in [3.8, 4) is 6.07 Å². The molecular weight excluding hydrogens is 180 g/mol. The molecule has 5 nitrogen and oxygen atoms in total. The van der Waals surface area contributed by atoms with E-state index in [4.69, 9.17) is 15.7 Å². The summed E-state index contributed by atoms with van der Waals surface area (Å²) in [6.45, 7) is 4.54. The van der Waals surface area contributed by atoms with Gasteiger partial charge in [-0.15, -0.1) is 0 Å². The van der Waals surface area contributed by atoms with E-state index in [1.54, 1.807) is 6.92 Å². The lowest BCUT2D eigenvalue weighted by Crippen LogP contribution is -2.06. The number of aromatic nitrogens is 2. The van der Waals surface area contributed by atoms with Crippen LogP contribution in [0.1, 0.15) is 24.0 Å². The number of nitrogens with zero attached hydrogens (tertiary/aromatic N) is 3. The zero-order valence-corrected chi connectivity index (χ0v) is 8.24. The molecule has 0 fully saturated rings. The zero-order chi connectivity index (χ0) is 10.6. The summed E-state index contributed by atoms with van der Waals surface area (Å²) in [4.78, 5) is 8.07. The predicted octanol–water partition coefficient (Wildman–Crippen LogP) is 0.775. The molecule has 1 aromatic rings. The van der Waals surface area contributed by atoms with Crippen molar-refractivity contribution in [3.05, 3.63) is 17.1 Å². The molecule has 0 amide bonds. The highest BCUT2D eigenvalue weighted by Gasteiger charge is 2.07. The molecule has 0 saturated carbocycles. The van der Waals surface area contributed by atoms with Gasteiger partial charge in [-0.3, -0.25) is 0 Å². The number of nitrogen functional groups attached to an aromatic ring is 1. The lowest BCUT2D eigenvalue weighted by Gasteiger charge is -2.04. The molecule has 74 valence electrons. The smallest absolute Gasteiger partial charge is 0.156 e. The third kappa shape index (κ3) is 2.18. The van der Waals surface area contributed by atoms with Crippen LogP contribution in [-0.4, -0.2) is 16.6 Å². The largest absolute Gasteiger partial charge is 0.382 e. The molecule has 1 rings (SSSR count). The van der Waals surface area contributed by atoms with Gasteiger partial charge in [-0.2, -0.15) is 5.26 Å². The Morgan fingerprint density at radius 1 is 1.50 bits per heavy atom. The van der Waals surface area contributed by atoms with E-state index in [-0.39, 0.29) is 5.82 Å². The first-order valence-corrected chi connectivity index (χ1v) is 4.29. The average Bonchev–Trinajstić information content (AvgIpc) is 2.14. The lowest BCUT2D eigenvalue weighted by atomic mass is 10.2. The number of anilines is 1. The van der Waals surface area contributed by atoms with Crippen molar-refractivity contribution in [2.75, 3.05) is 12.3 Å². The molecular formula is C9H12N4O. The highest BCUT2D eigenvalue weighted by Crippen LogP contribution is 2.11. The van der Waals surface area contributed by atoms with Crippen molar-refractivity contribution in [1.29, 1.82) is 5.26 Å². The number of rotatable bonds is 3. The monoisotopic (exact) mass is 192 g/mol. The fourth-order valence-electron chi connectivity index (χ4n) is 1.05. The van der Waals surface area contributed by atoms with Gasteiger partial charge in [0.25, 0.3) is 0 Å². The van der Waals surface area contributed by atoms with Crippen LogP contribution >= 0.6 is 0 Å². The quantitative estimate of drug-likeness (QED) is 0.764. The summed E-state index contributed by atoms with van der Waals surface area (Å²) in [6, 6.07) is 1.96. The van der Waals surface area contributed by atoms with Crippen LogP contribution in [0.25, 0.3) is 0 Å². The van der Waals surface area contributed by atoms with Crippen LogP contribution in [0.2, 0.25) is 0 Å². The van der Waals surface area contributed by atoms with Gasteiger partial charge in [-0.25, -0.2) is 9.97 Å². The molecule has 0 aliphatic carbocycles. The average molecular weight is 192 g/mol. The molecule has 14 heavy (non-hydrogen) atoms. The Morgan fingerprint density at radius 3 is 2.71 bits per heavy atom. The van der Waals surface area contributed by atoms with Crippen LogP contribution in [0.5, 0.6) is 0 Å². The second kappa shape index (κ2) is 4.53. The van der Waals surface area contributed by atoms with Crippen molar-refractivity contribution < 1.29 is 4.74 Å². The third-order valence-electron chi connectivity index (χ3n) is 1.71. The minimum atomic E-state index is 0.217. The zero-order valence-electron chi connectivity index (χ0n) is 8.24. The standard InChI is InChI=1S/C9H12N4O/c1-3-14-5-8-12-6(2)7(4-10)9(11)13-8/h3,5H2,1-2H3,(H2,11,12,13). The van der Waals surface area contributed by atoms with Crippen LogP contribution < -0.4 is 5.73 Å². The van der Waals surface area contributed by atoms with Crippen molar-refractivity contribution in [2.45, 2.75) is 20.5 Å². The molecule has 0 aliphatic heterocycles. The van der Waals surface area contributed by atoms with E-state index in [1.165, 1.54) is 0 Å². The highest BCUT2D eigenvalue weighted by molar-refractivity contribution is 5.50. The molecule has 1 aromatic heterocycles. The SMILES string of the molecule is CCOCc1nc(C)c(C#N)c(N)n1. The fraction of sp³-hybridized carbons (Fsp3) is 0.444. The van der Waals surface area contributed by atoms with Gasteiger partial charge in [0.05, 0.1) is 5.69 Å². The first-order valence-electron chi connectivity index (χ1n) is 4.29. The van der Waals surface area contributed by atoms with Crippen molar-refractivity contribution in [3.63, 3.8) is 0 Å². The van der Waals surface area contributed by atoms with E-state index < -0.39 is 0 Å². The Morgan fingerprint density at radius 2 is 2.21 bits per heavy atom. The van der Waals surface area contributed by atoms with Crippen LogP contribution in [0.3, 0.4) is 0 Å². The third-order valence-corrected chi connectivity index (χ3v) is 1.71. The van der Waals surface area contributed by atoms with E-state index >= 15 is 0 Å². The molecule has 0 bridgehead atoms. The maximum Gasteiger partial charge on any atom is 0.156 e. The van der Waals surface area contributed by atoms with Gasteiger partial charge in [0.1, 0.15) is 24.1 Å². The summed E-state index contributed by atoms with van der Waals surface area (Å²) in [6.07, 6.45) is 0. The van der Waals surface area contributed by atoms with E-state index in [2.05, 4.69) is 9.97 Å². The minimum absolute atomic E-state index is 0.217. The van der Waals surface area contributed by atoms with Gasteiger partial charge < -0.3 is 10.5 Å². The van der Waals surface area contributed by atoms with Crippen molar-refractivity contribution >= 4 is 5.82 Å². The van der Waals surface area contributed by atoms with E-state index in [0.717, 1.165) is 0 Å². The van der Waals surface area contributed by atoms with E-state index in [1.807, 2.05) is 13.0 Å². The molecule has 0 aromatic carbocycles. The normalized spacial score (nSPS) is 9.79. The maximum absolute atomic E-state index is 8.72. The molecule has 0 spiro atoms. The Hall–Kier alpha value is -1.67. The Kier molecular flexibility index (Phi) is 3.37. The summed E-state index contributed by atoms with van der Waals surface area (Å²) in [7, 11) is 0. The summed E-state index contributed by atoms with van der Waals surface area (Å²) in [5.74, 6) is 0.732. The summed E-state index contributed by atoms with van der Waals surface area (Å²) < 4.78 is 5.14. The van der Waals surface area contributed by atoms with Crippen LogP contribution in [0, 0.1) is 18.3 Å². The van der Waals surface area contributed by atoms with Gasteiger partial charge in [-0.1, -0.05) is 0 Å². The van der Waals surface area contributed by atoms with Crippen LogP contribution in [0.4, 0.5) is 5.82 Å². The summed E-state index contributed by atoms with van der Waals surface area (Å²) in [5.41, 5.74) is 6.51. The van der Waals surface area contributed by atoms with Gasteiger partial charge in [-0.05, 0) is 13.8 Å². The second-order valence-corrected chi connectivity index (χ2v) is 2.73. The first kappa shape index (κ1) is 10.4. The molecule has 0 aliphatic rings. The van der Waals surface area contributed by atoms with Crippen LogP contribution in [0.15, 0.2) is 0 Å². The predicted molar refractivity (Wildman–Crippen MR) is 51.2 cm³/mol. The van der Waals surface area contributed by atoms with Crippen LogP contribution in [-0.2, 0) is 11.3 Å². The van der Waals surface area contributed by atoms with Gasteiger partial charge in [0.2, 0.25) is 0 Å². The molecule has 0 atom stereocenters. The Labute approximate surface area is 82.5 Å². The van der Waals surface area contributed by atoms with Crippen molar-refractivity contribution in [1.82, 2.24) is 9.97 Å². The maximum atomic E-state index is 8.72. The first-order chi connectivity index (χ1) is 6.69. The Bertz CT molecular complexity index is 347. The van der Waals surface area contributed by atoms with Gasteiger partial charge in [0.15, 0.2) is 5.82 Å². The van der Waals surface area contributed by atoms with Gasteiger partial charge in [0, 0.05) is 6.61 Å². The molecule has 1 heterocycles. The highest BCUT2D eigenvalue weighted by atomic mass is 16.5. The second-order valence-electron chi connectivity index (χ2n) is 2.73. The van der Waals surface area contributed by atoms with Crippen molar-refractivity contribution in [2.24, 2.45) is 0 Å². The molecule has 0 saturated heterocycles. The summed E-state index contributed by atoms with van der Waals surface area (Å²) >= 11 is 0. The van der Waals surface area contributed by atoms with E-state index in [9.17, 15) is 0 Å². The lowest BCUT2D eigenvalue weighted by molar-refractivity contribution is 0.128. The minimum Gasteiger partial charge on any atom is -0.382 e. The topological polar surface area (TPSA) is 84.8 Å². The Balaban J connectivity index is 2.97. The number of ether oxygens (including phenoxy) is 1. The summed E-state index contributed by atoms with van der Waals surface area (Å²) in [5, 5.41) is 8.72. The number of hydrogen-bond donors (Lipinski definition) is 1. The molecule has 2 N–H and O–H groups in total. The number of nitrogens with two attached hydrogens (primary N) is 1. The molecule has 0 unspecified atom stereocenters. The number of hydrogen-bond acceptors (Lipinski definition) is 5. The molecule has 0 radical (unpaired) electrons. The number of aryl methyl sites for hydroxylation is 1.